The van der Waals surface area contributed by atoms with Crippen LogP contribution in [0.25, 0.3) is 10.1 Å². The van der Waals surface area contributed by atoms with Gasteiger partial charge in [-0.3, -0.25) is 9.88 Å². The Bertz CT molecular complexity index is 753. The van der Waals surface area contributed by atoms with Crippen LogP contribution in [0.4, 0.5) is 0 Å². The van der Waals surface area contributed by atoms with Crippen LogP contribution in [0.5, 0.6) is 0 Å². The van der Waals surface area contributed by atoms with Crippen molar-refractivity contribution in [3.05, 3.63) is 65.3 Å². The Hall–Kier alpha value is -1.75. The predicted molar refractivity (Wildman–Crippen MR) is 92.1 cm³/mol. The van der Waals surface area contributed by atoms with Gasteiger partial charge in [-0.2, -0.15) is 0 Å². The zero-order valence-electron chi connectivity index (χ0n) is 12.4. The maximum atomic E-state index is 4.14. The van der Waals surface area contributed by atoms with Gasteiger partial charge in [0.05, 0.1) is 0 Å². The van der Waals surface area contributed by atoms with Crippen molar-refractivity contribution in [2.45, 2.75) is 12.6 Å². The van der Waals surface area contributed by atoms with E-state index < -0.39 is 0 Å². The molecule has 1 aromatic carbocycles. The highest BCUT2D eigenvalue weighted by Gasteiger charge is 2.24. The molecule has 1 atom stereocenters. The molecule has 0 radical (unpaired) electrons. The number of nitrogens with zero attached hydrogens (tertiary/aromatic N) is 2. The van der Waals surface area contributed by atoms with E-state index in [-0.39, 0.29) is 0 Å². The summed E-state index contributed by atoms with van der Waals surface area (Å²) in [6.07, 6.45) is 3.78. The molecule has 0 saturated carbocycles. The van der Waals surface area contributed by atoms with Gasteiger partial charge in [0.2, 0.25) is 0 Å². The van der Waals surface area contributed by atoms with Crippen LogP contribution < -0.4 is 5.32 Å². The van der Waals surface area contributed by atoms with Crippen LogP contribution in [0.15, 0.2) is 54.2 Å². The van der Waals surface area contributed by atoms with Crippen LogP contribution in [-0.4, -0.2) is 29.5 Å². The standard InChI is InChI=1S/C18H19N3S/c1-2-4-18-16(3-1)15(13-22-18)12-21-10-9-20-11-17(21)14-5-7-19-8-6-14/h1-8,13,17,20H,9-12H2. The van der Waals surface area contributed by atoms with Crippen molar-refractivity contribution in [1.82, 2.24) is 15.2 Å². The van der Waals surface area contributed by atoms with Gasteiger partial charge in [0.1, 0.15) is 0 Å². The molecule has 1 unspecified atom stereocenters. The molecule has 1 aliphatic heterocycles. The molecular weight excluding hydrogens is 290 g/mol. The third-order valence-corrected chi connectivity index (χ3v) is 5.39. The van der Waals surface area contributed by atoms with E-state index in [2.05, 4.69) is 57.0 Å². The number of fused-ring (bicyclic) bond motifs is 1. The molecule has 3 nitrogen and oxygen atoms in total. The summed E-state index contributed by atoms with van der Waals surface area (Å²) in [5.41, 5.74) is 2.79. The fraction of sp³-hybridized carbons (Fsp3) is 0.278. The van der Waals surface area contributed by atoms with Crippen LogP contribution in [0.2, 0.25) is 0 Å². The van der Waals surface area contributed by atoms with Gasteiger partial charge < -0.3 is 5.32 Å². The van der Waals surface area contributed by atoms with Crippen molar-refractivity contribution in [1.29, 1.82) is 0 Å². The van der Waals surface area contributed by atoms with Gasteiger partial charge in [-0.05, 0) is 40.1 Å². The first-order valence-electron chi connectivity index (χ1n) is 7.71. The van der Waals surface area contributed by atoms with E-state index in [1.807, 2.05) is 23.7 Å². The molecule has 0 aliphatic carbocycles. The number of rotatable bonds is 3. The maximum Gasteiger partial charge on any atom is 0.0477 e. The Labute approximate surface area is 134 Å². The van der Waals surface area contributed by atoms with Gasteiger partial charge in [0, 0.05) is 49.3 Å². The number of hydrogen-bond donors (Lipinski definition) is 1. The van der Waals surface area contributed by atoms with E-state index in [9.17, 15) is 0 Å². The quantitative estimate of drug-likeness (QED) is 0.803. The molecule has 0 bridgehead atoms. The van der Waals surface area contributed by atoms with Gasteiger partial charge in [0.15, 0.2) is 0 Å². The van der Waals surface area contributed by atoms with Crippen LogP contribution in [0, 0.1) is 0 Å². The summed E-state index contributed by atoms with van der Waals surface area (Å²) in [4.78, 5) is 6.73. The smallest absolute Gasteiger partial charge is 0.0477 e. The lowest BCUT2D eigenvalue weighted by atomic mass is 10.0. The highest BCUT2D eigenvalue weighted by molar-refractivity contribution is 7.17. The fourth-order valence-corrected chi connectivity index (χ4v) is 4.18. The second-order valence-corrected chi connectivity index (χ2v) is 6.64. The molecule has 2 aromatic heterocycles. The number of aromatic nitrogens is 1. The minimum absolute atomic E-state index is 0.426. The summed E-state index contributed by atoms with van der Waals surface area (Å²) in [7, 11) is 0. The van der Waals surface area contributed by atoms with Gasteiger partial charge in [-0.1, -0.05) is 18.2 Å². The monoisotopic (exact) mass is 309 g/mol. The Kier molecular flexibility index (Phi) is 3.89. The number of piperazine rings is 1. The molecule has 1 fully saturated rings. The molecule has 22 heavy (non-hydrogen) atoms. The second kappa shape index (κ2) is 6.16. The van der Waals surface area contributed by atoms with Gasteiger partial charge >= 0.3 is 0 Å². The van der Waals surface area contributed by atoms with E-state index in [1.165, 1.54) is 21.2 Å². The van der Waals surface area contributed by atoms with Gasteiger partial charge in [0.25, 0.3) is 0 Å². The van der Waals surface area contributed by atoms with Crippen molar-refractivity contribution in [2.75, 3.05) is 19.6 Å². The lowest BCUT2D eigenvalue weighted by Crippen LogP contribution is -2.45. The van der Waals surface area contributed by atoms with Crippen LogP contribution >= 0.6 is 11.3 Å². The first-order valence-corrected chi connectivity index (χ1v) is 8.59. The zero-order valence-corrected chi connectivity index (χ0v) is 13.2. The lowest BCUT2D eigenvalue weighted by Gasteiger charge is -2.36. The summed E-state index contributed by atoms with van der Waals surface area (Å²) >= 11 is 1.85. The molecule has 1 saturated heterocycles. The summed E-state index contributed by atoms with van der Waals surface area (Å²) < 4.78 is 1.38. The van der Waals surface area contributed by atoms with Crippen LogP contribution in [0.1, 0.15) is 17.2 Å². The SMILES string of the molecule is c1ccc2c(CN3CCNCC3c3ccncc3)csc2c1. The minimum Gasteiger partial charge on any atom is -0.314 e. The van der Waals surface area contributed by atoms with Crippen molar-refractivity contribution < 1.29 is 0 Å². The summed E-state index contributed by atoms with van der Waals surface area (Å²) in [6, 6.07) is 13.4. The number of pyridine rings is 1. The zero-order chi connectivity index (χ0) is 14.8. The fourth-order valence-electron chi connectivity index (χ4n) is 3.22. The molecule has 1 N–H and O–H groups in total. The van der Waals surface area contributed by atoms with Crippen LogP contribution in [0.3, 0.4) is 0 Å². The normalized spacial score (nSPS) is 19.5. The second-order valence-electron chi connectivity index (χ2n) is 5.73. The van der Waals surface area contributed by atoms with Crippen molar-refractivity contribution in [2.24, 2.45) is 0 Å². The summed E-state index contributed by atoms with van der Waals surface area (Å²) in [5, 5.41) is 7.24. The Balaban J connectivity index is 1.62. The van der Waals surface area contributed by atoms with Gasteiger partial charge in [-0.15, -0.1) is 11.3 Å². The summed E-state index contributed by atoms with van der Waals surface area (Å²) in [5.74, 6) is 0. The third-order valence-electron chi connectivity index (χ3n) is 4.38. The Morgan fingerprint density at radius 1 is 1.18 bits per heavy atom. The largest absolute Gasteiger partial charge is 0.314 e. The number of hydrogen-bond acceptors (Lipinski definition) is 4. The first-order chi connectivity index (χ1) is 10.9. The highest BCUT2D eigenvalue weighted by Crippen LogP contribution is 2.30. The highest BCUT2D eigenvalue weighted by atomic mass is 32.1. The first kappa shape index (κ1) is 13.9. The summed E-state index contributed by atoms with van der Waals surface area (Å²) in [6.45, 7) is 4.16. The average Bonchev–Trinajstić information content (AvgIpc) is 2.99. The number of nitrogens with one attached hydrogen (secondary N) is 1. The number of benzene rings is 1. The van der Waals surface area contributed by atoms with E-state index in [4.69, 9.17) is 0 Å². The molecule has 0 amide bonds. The lowest BCUT2D eigenvalue weighted by molar-refractivity contribution is 0.154. The van der Waals surface area contributed by atoms with Crippen molar-refractivity contribution in [3.63, 3.8) is 0 Å². The molecule has 4 rings (SSSR count). The predicted octanol–water partition coefficient (Wildman–Crippen LogP) is 3.44. The Morgan fingerprint density at radius 2 is 2.05 bits per heavy atom. The van der Waals surface area contributed by atoms with E-state index in [1.54, 1.807) is 0 Å². The molecule has 112 valence electrons. The van der Waals surface area contributed by atoms with E-state index in [0.717, 1.165) is 26.2 Å². The van der Waals surface area contributed by atoms with Crippen molar-refractivity contribution in [3.8, 4) is 0 Å². The van der Waals surface area contributed by atoms with Gasteiger partial charge in [-0.25, -0.2) is 0 Å². The molecule has 1 aliphatic rings. The van der Waals surface area contributed by atoms with E-state index >= 15 is 0 Å². The van der Waals surface area contributed by atoms with Crippen LogP contribution in [-0.2, 0) is 6.54 Å². The average molecular weight is 309 g/mol. The topological polar surface area (TPSA) is 28.2 Å². The minimum atomic E-state index is 0.426. The maximum absolute atomic E-state index is 4.14. The molecular formula is C18H19N3S. The van der Waals surface area contributed by atoms with E-state index in [0.29, 0.717) is 6.04 Å². The molecule has 3 aromatic rings. The molecule has 3 heterocycles. The Morgan fingerprint density at radius 3 is 2.95 bits per heavy atom. The third kappa shape index (κ3) is 2.65. The molecule has 4 heteroatoms. The molecule has 0 spiro atoms. The van der Waals surface area contributed by atoms with Crippen molar-refractivity contribution >= 4 is 21.4 Å². The number of thiophene rings is 1.